The zero-order chi connectivity index (χ0) is 16.6. The van der Waals surface area contributed by atoms with E-state index in [-0.39, 0.29) is 5.60 Å². The Bertz CT molecular complexity index is 850. The number of nitrogens with one attached hydrogen (secondary N) is 2. The van der Waals surface area contributed by atoms with Crippen molar-refractivity contribution in [3.05, 3.63) is 65.9 Å². The summed E-state index contributed by atoms with van der Waals surface area (Å²) in [7, 11) is 0. The molecule has 0 unspecified atom stereocenters. The fourth-order valence-electron chi connectivity index (χ4n) is 3.70. The van der Waals surface area contributed by atoms with E-state index in [1.54, 1.807) is 0 Å². The minimum Gasteiger partial charge on any atom is -0.487 e. The lowest BCUT2D eigenvalue weighted by atomic mass is 9.89. The number of hydrogen-bond donors (Lipinski definition) is 2. The summed E-state index contributed by atoms with van der Waals surface area (Å²) < 4.78 is 6.11. The maximum Gasteiger partial charge on any atom is 0.124 e. The fraction of sp³-hybridized carbons (Fsp3) is 0.333. The third kappa shape index (κ3) is 2.92. The molecule has 1 aromatic heterocycles. The molecule has 0 amide bonds. The van der Waals surface area contributed by atoms with Crippen LogP contribution >= 0.6 is 0 Å². The first-order valence-electron chi connectivity index (χ1n) is 8.69. The highest BCUT2D eigenvalue weighted by molar-refractivity contribution is 5.83. The molecule has 3 nitrogen and oxygen atoms in total. The van der Waals surface area contributed by atoms with Crippen molar-refractivity contribution < 1.29 is 4.74 Å². The number of aromatic nitrogens is 1. The predicted octanol–water partition coefficient (Wildman–Crippen LogP) is 4.60. The van der Waals surface area contributed by atoms with Gasteiger partial charge < -0.3 is 15.0 Å². The van der Waals surface area contributed by atoms with E-state index in [1.807, 2.05) is 6.07 Å². The van der Waals surface area contributed by atoms with Crippen molar-refractivity contribution in [1.29, 1.82) is 0 Å². The zero-order valence-electron chi connectivity index (χ0n) is 14.3. The molecule has 2 heterocycles. The number of H-pyrrole nitrogens is 1. The minimum absolute atomic E-state index is 0.132. The molecule has 0 fully saturated rings. The van der Waals surface area contributed by atoms with E-state index in [0.717, 1.165) is 25.1 Å². The van der Waals surface area contributed by atoms with Gasteiger partial charge in [0, 0.05) is 35.1 Å². The molecule has 3 heteroatoms. The lowest BCUT2D eigenvalue weighted by Crippen LogP contribution is -2.39. The van der Waals surface area contributed by atoms with Crippen LogP contribution < -0.4 is 10.1 Å². The normalized spacial score (nSPS) is 19.0. The van der Waals surface area contributed by atoms with E-state index < -0.39 is 0 Å². The van der Waals surface area contributed by atoms with Crippen LogP contribution in [0.5, 0.6) is 5.75 Å². The second kappa shape index (κ2) is 5.99. The first-order chi connectivity index (χ1) is 11.6. The van der Waals surface area contributed by atoms with Gasteiger partial charge in [-0.05, 0) is 44.5 Å². The maximum absolute atomic E-state index is 6.11. The highest BCUT2D eigenvalue weighted by Gasteiger charge is 2.33. The Kier molecular flexibility index (Phi) is 3.81. The topological polar surface area (TPSA) is 37.0 Å². The maximum atomic E-state index is 6.11. The molecular weight excluding hydrogens is 296 g/mol. The van der Waals surface area contributed by atoms with Crippen LogP contribution in [-0.4, -0.2) is 17.1 Å². The lowest BCUT2D eigenvalue weighted by molar-refractivity contribution is 0.0662. The Morgan fingerprint density at radius 2 is 1.92 bits per heavy atom. The third-order valence-corrected chi connectivity index (χ3v) is 4.84. The summed E-state index contributed by atoms with van der Waals surface area (Å²) in [6, 6.07) is 17.2. The first kappa shape index (κ1) is 15.3. The molecule has 0 bridgehead atoms. The van der Waals surface area contributed by atoms with Crippen LogP contribution in [0.15, 0.2) is 54.7 Å². The Balaban J connectivity index is 1.48. The van der Waals surface area contributed by atoms with Gasteiger partial charge in [0.05, 0.1) is 0 Å². The van der Waals surface area contributed by atoms with E-state index in [9.17, 15) is 0 Å². The Labute approximate surface area is 143 Å². The van der Waals surface area contributed by atoms with Crippen LogP contribution in [0.25, 0.3) is 10.9 Å². The van der Waals surface area contributed by atoms with Gasteiger partial charge in [0.25, 0.3) is 0 Å². The van der Waals surface area contributed by atoms with Crippen LogP contribution in [0.3, 0.4) is 0 Å². The third-order valence-electron chi connectivity index (χ3n) is 4.84. The Morgan fingerprint density at radius 1 is 1.12 bits per heavy atom. The smallest absolute Gasteiger partial charge is 0.124 e. The summed E-state index contributed by atoms with van der Waals surface area (Å²) in [5, 5.41) is 5.07. The fourth-order valence-corrected chi connectivity index (χ4v) is 3.70. The lowest BCUT2D eigenvalue weighted by Gasteiger charge is -2.38. The van der Waals surface area contributed by atoms with Crippen molar-refractivity contribution >= 4 is 10.9 Å². The van der Waals surface area contributed by atoms with Crippen molar-refractivity contribution in [2.24, 2.45) is 0 Å². The van der Waals surface area contributed by atoms with Gasteiger partial charge in [-0.1, -0.05) is 36.4 Å². The number of aromatic amines is 1. The number of benzene rings is 2. The number of para-hydroxylation sites is 2. The largest absolute Gasteiger partial charge is 0.487 e. The molecule has 3 aromatic rings. The zero-order valence-corrected chi connectivity index (χ0v) is 14.3. The number of rotatable bonds is 4. The van der Waals surface area contributed by atoms with E-state index in [1.165, 1.54) is 22.0 Å². The first-order valence-corrected chi connectivity index (χ1v) is 8.69. The Hall–Kier alpha value is -2.26. The van der Waals surface area contributed by atoms with Crippen molar-refractivity contribution in [1.82, 2.24) is 10.3 Å². The molecular formula is C21H24N2O. The standard InChI is InChI=1S/C21H24N2O/c1-21(2)13-19(17-8-4-6-10-20(17)24-21)22-12-11-15-14-23-18-9-5-3-7-16(15)18/h3-10,14,19,22-23H,11-13H2,1-2H3/t19-/m0/s1. The van der Waals surface area contributed by atoms with Crippen molar-refractivity contribution in [3.8, 4) is 5.75 Å². The van der Waals surface area contributed by atoms with Gasteiger partial charge in [-0.15, -0.1) is 0 Å². The molecule has 2 N–H and O–H groups in total. The van der Waals surface area contributed by atoms with Gasteiger partial charge in [0.2, 0.25) is 0 Å². The van der Waals surface area contributed by atoms with Crippen molar-refractivity contribution in [2.45, 2.75) is 38.3 Å². The highest BCUT2D eigenvalue weighted by Crippen LogP contribution is 2.39. The van der Waals surface area contributed by atoms with Gasteiger partial charge in [-0.3, -0.25) is 0 Å². The van der Waals surface area contributed by atoms with E-state index in [4.69, 9.17) is 4.74 Å². The van der Waals surface area contributed by atoms with E-state index in [0.29, 0.717) is 6.04 Å². The average Bonchev–Trinajstić information content (AvgIpc) is 2.97. The predicted molar refractivity (Wildman–Crippen MR) is 98.5 cm³/mol. The van der Waals surface area contributed by atoms with Gasteiger partial charge in [-0.2, -0.15) is 0 Å². The van der Waals surface area contributed by atoms with Crippen LogP contribution in [0.1, 0.15) is 37.4 Å². The van der Waals surface area contributed by atoms with Crippen LogP contribution in [-0.2, 0) is 6.42 Å². The Morgan fingerprint density at radius 3 is 2.83 bits per heavy atom. The molecule has 2 aromatic carbocycles. The van der Waals surface area contributed by atoms with Crippen LogP contribution in [0, 0.1) is 0 Å². The van der Waals surface area contributed by atoms with E-state index >= 15 is 0 Å². The summed E-state index contributed by atoms with van der Waals surface area (Å²) in [4.78, 5) is 3.36. The van der Waals surface area contributed by atoms with Gasteiger partial charge in [-0.25, -0.2) is 0 Å². The van der Waals surface area contributed by atoms with Crippen molar-refractivity contribution in [2.75, 3.05) is 6.54 Å². The molecule has 4 rings (SSSR count). The summed E-state index contributed by atoms with van der Waals surface area (Å²) in [6.07, 6.45) is 4.13. The molecule has 0 saturated carbocycles. The average molecular weight is 320 g/mol. The molecule has 0 saturated heterocycles. The molecule has 0 radical (unpaired) electrons. The van der Waals surface area contributed by atoms with Crippen LogP contribution in [0.2, 0.25) is 0 Å². The second-order valence-electron chi connectivity index (χ2n) is 7.22. The molecule has 0 aliphatic carbocycles. The van der Waals surface area contributed by atoms with Gasteiger partial charge in [0.1, 0.15) is 11.4 Å². The number of hydrogen-bond acceptors (Lipinski definition) is 2. The van der Waals surface area contributed by atoms with Crippen LogP contribution in [0.4, 0.5) is 0 Å². The van der Waals surface area contributed by atoms with E-state index in [2.05, 4.69) is 72.8 Å². The summed E-state index contributed by atoms with van der Waals surface area (Å²) in [6.45, 7) is 5.28. The quantitative estimate of drug-likeness (QED) is 0.737. The number of ether oxygens (including phenoxy) is 1. The molecule has 1 aliphatic heterocycles. The summed E-state index contributed by atoms with van der Waals surface area (Å²) >= 11 is 0. The van der Waals surface area contributed by atoms with Crippen molar-refractivity contribution in [3.63, 3.8) is 0 Å². The molecule has 1 aliphatic rings. The minimum atomic E-state index is -0.132. The molecule has 0 spiro atoms. The molecule has 24 heavy (non-hydrogen) atoms. The second-order valence-corrected chi connectivity index (χ2v) is 7.22. The molecule has 1 atom stereocenters. The van der Waals surface area contributed by atoms with Gasteiger partial charge in [0.15, 0.2) is 0 Å². The monoisotopic (exact) mass is 320 g/mol. The van der Waals surface area contributed by atoms with Gasteiger partial charge >= 0.3 is 0 Å². The highest BCUT2D eigenvalue weighted by atomic mass is 16.5. The summed E-state index contributed by atoms with van der Waals surface area (Å²) in [5.41, 5.74) is 3.73. The molecule has 124 valence electrons. The summed E-state index contributed by atoms with van der Waals surface area (Å²) in [5.74, 6) is 1.01. The number of fused-ring (bicyclic) bond motifs is 2. The SMILES string of the molecule is CC1(C)C[C@H](NCCc2c[nH]c3ccccc23)c2ccccc2O1.